The molecule has 2 aliphatic heterocycles. The second-order valence-corrected chi connectivity index (χ2v) is 8.71. The van der Waals surface area contributed by atoms with Gasteiger partial charge >= 0.3 is 0 Å². The first kappa shape index (κ1) is 21.6. The molecule has 2 aliphatic rings. The number of carbonyl (C=O) groups excluding carboxylic acids is 2. The van der Waals surface area contributed by atoms with E-state index >= 15 is 0 Å². The SMILES string of the molecule is Cc1ncoc1C(=O)N1CCCC(CCC(=O)N2CCN(Cc3ccccc3)CC2)C1. The van der Waals surface area contributed by atoms with Crippen LogP contribution in [0.5, 0.6) is 0 Å². The molecule has 1 aromatic heterocycles. The van der Waals surface area contributed by atoms with Crippen LogP contribution in [0.4, 0.5) is 0 Å². The zero-order chi connectivity index (χ0) is 21.6. The summed E-state index contributed by atoms with van der Waals surface area (Å²) in [4.78, 5) is 35.7. The van der Waals surface area contributed by atoms with Crippen LogP contribution in [0.25, 0.3) is 0 Å². The quantitative estimate of drug-likeness (QED) is 0.713. The van der Waals surface area contributed by atoms with E-state index in [0.717, 1.165) is 58.5 Å². The van der Waals surface area contributed by atoms with Crippen LogP contribution in [0.2, 0.25) is 0 Å². The number of likely N-dealkylation sites (tertiary alicyclic amines) is 1. The van der Waals surface area contributed by atoms with Crippen molar-refractivity contribution < 1.29 is 14.0 Å². The van der Waals surface area contributed by atoms with Gasteiger partial charge in [-0.05, 0) is 37.7 Å². The van der Waals surface area contributed by atoms with Gasteiger partial charge in [-0.2, -0.15) is 0 Å². The molecule has 0 spiro atoms. The van der Waals surface area contributed by atoms with Crippen molar-refractivity contribution in [1.29, 1.82) is 0 Å². The number of oxazole rings is 1. The third-order valence-electron chi connectivity index (χ3n) is 6.49. The summed E-state index contributed by atoms with van der Waals surface area (Å²) in [5.74, 6) is 0.865. The highest BCUT2D eigenvalue weighted by molar-refractivity contribution is 5.92. The van der Waals surface area contributed by atoms with E-state index in [2.05, 4.69) is 34.1 Å². The maximum Gasteiger partial charge on any atom is 0.291 e. The third kappa shape index (κ3) is 5.53. The fourth-order valence-electron chi connectivity index (χ4n) is 4.62. The van der Waals surface area contributed by atoms with E-state index in [1.807, 2.05) is 15.9 Å². The van der Waals surface area contributed by atoms with Crippen molar-refractivity contribution in [3.05, 3.63) is 53.7 Å². The lowest BCUT2D eigenvalue weighted by molar-refractivity contribution is -0.133. The van der Waals surface area contributed by atoms with Gasteiger partial charge < -0.3 is 14.2 Å². The number of nitrogens with zero attached hydrogens (tertiary/aromatic N) is 4. The van der Waals surface area contributed by atoms with E-state index in [0.29, 0.717) is 30.3 Å². The predicted octanol–water partition coefficient (Wildman–Crippen LogP) is 2.96. The van der Waals surface area contributed by atoms with Crippen LogP contribution in [-0.4, -0.2) is 70.8 Å². The van der Waals surface area contributed by atoms with Crippen molar-refractivity contribution in [3.63, 3.8) is 0 Å². The maximum absolute atomic E-state index is 12.8. The van der Waals surface area contributed by atoms with E-state index in [1.165, 1.54) is 12.0 Å². The Morgan fingerprint density at radius 3 is 2.55 bits per heavy atom. The largest absolute Gasteiger partial charge is 0.438 e. The lowest BCUT2D eigenvalue weighted by atomic mass is 9.93. The first-order valence-electron chi connectivity index (χ1n) is 11.3. The highest BCUT2D eigenvalue weighted by Crippen LogP contribution is 2.24. The molecule has 2 saturated heterocycles. The molecule has 1 unspecified atom stereocenters. The third-order valence-corrected chi connectivity index (χ3v) is 6.49. The van der Waals surface area contributed by atoms with Crippen LogP contribution in [0.3, 0.4) is 0 Å². The topological polar surface area (TPSA) is 69.9 Å². The molecule has 2 aromatic rings. The number of carbonyl (C=O) groups is 2. The number of piperidine rings is 1. The van der Waals surface area contributed by atoms with Gasteiger partial charge in [0.05, 0.1) is 5.69 Å². The Bertz CT molecular complexity index is 874. The first-order chi connectivity index (χ1) is 15.1. The normalized spacial score (nSPS) is 20.1. The van der Waals surface area contributed by atoms with Crippen molar-refractivity contribution in [2.24, 2.45) is 5.92 Å². The lowest BCUT2D eigenvalue weighted by Gasteiger charge is -2.36. The molecule has 4 rings (SSSR count). The number of rotatable bonds is 6. The van der Waals surface area contributed by atoms with Crippen LogP contribution in [0.1, 0.15) is 47.5 Å². The van der Waals surface area contributed by atoms with Gasteiger partial charge in [0.2, 0.25) is 11.7 Å². The number of hydrogen-bond acceptors (Lipinski definition) is 5. The molecule has 2 amide bonds. The molecule has 7 heteroatoms. The average molecular weight is 425 g/mol. The summed E-state index contributed by atoms with van der Waals surface area (Å²) in [5.41, 5.74) is 1.95. The number of amides is 2. The van der Waals surface area contributed by atoms with Gasteiger partial charge in [0.15, 0.2) is 6.39 Å². The van der Waals surface area contributed by atoms with Gasteiger partial charge in [-0.15, -0.1) is 0 Å². The van der Waals surface area contributed by atoms with Crippen molar-refractivity contribution in [2.45, 2.75) is 39.2 Å². The molecule has 31 heavy (non-hydrogen) atoms. The predicted molar refractivity (Wildman–Crippen MR) is 117 cm³/mol. The number of benzene rings is 1. The zero-order valence-corrected chi connectivity index (χ0v) is 18.3. The van der Waals surface area contributed by atoms with Crippen molar-refractivity contribution >= 4 is 11.8 Å². The highest BCUT2D eigenvalue weighted by atomic mass is 16.3. The standard InChI is InChI=1S/C24H32N4O3/c1-19-23(31-18-25-19)24(30)28-11-5-8-21(17-28)9-10-22(29)27-14-12-26(13-15-27)16-20-6-3-2-4-7-20/h2-4,6-7,18,21H,5,8-17H2,1H3. The molecule has 0 bridgehead atoms. The Hall–Kier alpha value is -2.67. The summed E-state index contributed by atoms with van der Waals surface area (Å²) in [6.07, 6.45) is 4.75. The second kappa shape index (κ2) is 10.1. The molecular formula is C24H32N4O3. The molecular weight excluding hydrogens is 392 g/mol. The Labute approximate surface area is 184 Å². The van der Waals surface area contributed by atoms with Gasteiger partial charge in [0, 0.05) is 52.2 Å². The maximum atomic E-state index is 12.8. The van der Waals surface area contributed by atoms with E-state index in [4.69, 9.17) is 4.42 Å². The van der Waals surface area contributed by atoms with Crippen LogP contribution in [0.15, 0.2) is 41.1 Å². The molecule has 1 atom stereocenters. The molecule has 0 radical (unpaired) electrons. The average Bonchev–Trinajstić information content (AvgIpc) is 3.24. The Morgan fingerprint density at radius 2 is 1.84 bits per heavy atom. The Balaban J connectivity index is 1.20. The van der Waals surface area contributed by atoms with Gasteiger partial charge in [-0.3, -0.25) is 14.5 Å². The Morgan fingerprint density at radius 1 is 1.06 bits per heavy atom. The summed E-state index contributed by atoms with van der Waals surface area (Å²) >= 11 is 0. The molecule has 166 valence electrons. The molecule has 1 aromatic carbocycles. The summed E-state index contributed by atoms with van der Waals surface area (Å²) in [6.45, 7) is 7.60. The summed E-state index contributed by atoms with van der Waals surface area (Å²) in [5, 5.41) is 0. The monoisotopic (exact) mass is 424 g/mol. The minimum absolute atomic E-state index is 0.0828. The number of aryl methyl sites for hydroxylation is 1. The summed E-state index contributed by atoms with van der Waals surface area (Å²) in [7, 11) is 0. The number of aromatic nitrogens is 1. The fraction of sp³-hybridized carbons (Fsp3) is 0.542. The van der Waals surface area contributed by atoms with E-state index in [9.17, 15) is 9.59 Å². The minimum atomic E-state index is -0.0828. The molecule has 3 heterocycles. The Kier molecular flexibility index (Phi) is 7.02. The van der Waals surface area contributed by atoms with Gasteiger partial charge in [-0.25, -0.2) is 4.98 Å². The van der Waals surface area contributed by atoms with Crippen LogP contribution >= 0.6 is 0 Å². The molecule has 2 fully saturated rings. The van der Waals surface area contributed by atoms with E-state index < -0.39 is 0 Å². The van der Waals surface area contributed by atoms with E-state index in [-0.39, 0.29) is 11.8 Å². The van der Waals surface area contributed by atoms with Gasteiger partial charge in [0.1, 0.15) is 0 Å². The second-order valence-electron chi connectivity index (χ2n) is 8.71. The molecule has 7 nitrogen and oxygen atoms in total. The first-order valence-corrected chi connectivity index (χ1v) is 11.3. The molecule has 0 saturated carbocycles. The highest BCUT2D eigenvalue weighted by Gasteiger charge is 2.28. The number of piperazine rings is 1. The fourth-order valence-corrected chi connectivity index (χ4v) is 4.62. The van der Waals surface area contributed by atoms with Crippen molar-refractivity contribution in [2.75, 3.05) is 39.3 Å². The van der Waals surface area contributed by atoms with Crippen LogP contribution in [-0.2, 0) is 11.3 Å². The lowest BCUT2D eigenvalue weighted by Crippen LogP contribution is -2.48. The zero-order valence-electron chi connectivity index (χ0n) is 18.3. The van der Waals surface area contributed by atoms with E-state index in [1.54, 1.807) is 6.92 Å². The van der Waals surface area contributed by atoms with Crippen molar-refractivity contribution in [3.8, 4) is 0 Å². The van der Waals surface area contributed by atoms with Crippen molar-refractivity contribution in [1.82, 2.24) is 19.7 Å². The molecule has 0 N–H and O–H groups in total. The van der Waals surface area contributed by atoms with Crippen LogP contribution in [0, 0.1) is 12.8 Å². The number of hydrogen-bond donors (Lipinski definition) is 0. The van der Waals surface area contributed by atoms with Gasteiger partial charge in [0.25, 0.3) is 5.91 Å². The van der Waals surface area contributed by atoms with Crippen LogP contribution < -0.4 is 0 Å². The smallest absolute Gasteiger partial charge is 0.291 e. The summed E-state index contributed by atoms with van der Waals surface area (Å²) < 4.78 is 5.27. The summed E-state index contributed by atoms with van der Waals surface area (Å²) in [6, 6.07) is 10.5. The minimum Gasteiger partial charge on any atom is -0.438 e. The van der Waals surface area contributed by atoms with Gasteiger partial charge in [-0.1, -0.05) is 30.3 Å². The molecule has 0 aliphatic carbocycles.